The van der Waals surface area contributed by atoms with Crippen LogP contribution in [0.2, 0.25) is 0 Å². The van der Waals surface area contributed by atoms with Crippen LogP contribution < -0.4 is 5.32 Å². The Balaban J connectivity index is 1.74. The van der Waals surface area contributed by atoms with Crippen molar-refractivity contribution in [2.45, 2.75) is 18.9 Å². The van der Waals surface area contributed by atoms with Crippen molar-refractivity contribution in [2.75, 3.05) is 11.9 Å². The Morgan fingerprint density at radius 3 is 2.40 bits per heavy atom. The first-order valence-corrected chi connectivity index (χ1v) is 7.78. The van der Waals surface area contributed by atoms with Crippen LogP contribution in [0, 0.1) is 17.5 Å². The number of benzene rings is 2. The topological polar surface area (TPSA) is 49.4 Å². The summed E-state index contributed by atoms with van der Waals surface area (Å²) in [5.41, 5.74) is 0.402. The molecule has 3 rings (SSSR count). The summed E-state index contributed by atoms with van der Waals surface area (Å²) in [5, 5.41) is 2.50. The lowest BCUT2D eigenvalue weighted by atomic mass is 10.1. The second-order valence-corrected chi connectivity index (χ2v) is 5.78. The van der Waals surface area contributed by atoms with E-state index in [1.54, 1.807) is 0 Å². The fourth-order valence-corrected chi connectivity index (χ4v) is 2.84. The highest BCUT2D eigenvalue weighted by molar-refractivity contribution is 6.01. The van der Waals surface area contributed by atoms with Gasteiger partial charge in [0.15, 0.2) is 11.6 Å². The predicted molar refractivity (Wildman–Crippen MR) is 85.4 cm³/mol. The highest BCUT2D eigenvalue weighted by atomic mass is 19.2. The Bertz CT molecular complexity index is 808. The maximum atomic E-state index is 13.2. The van der Waals surface area contributed by atoms with E-state index in [0.717, 1.165) is 12.1 Å². The highest BCUT2D eigenvalue weighted by Gasteiger charge is 2.34. The second-order valence-electron chi connectivity index (χ2n) is 5.78. The molecule has 0 aliphatic carbocycles. The number of anilines is 1. The Labute approximate surface area is 142 Å². The first-order chi connectivity index (χ1) is 12.0. The summed E-state index contributed by atoms with van der Waals surface area (Å²) in [6.07, 6.45) is 1.10. The van der Waals surface area contributed by atoms with Crippen molar-refractivity contribution >= 4 is 17.5 Å². The van der Waals surface area contributed by atoms with Gasteiger partial charge in [-0.25, -0.2) is 13.2 Å². The summed E-state index contributed by atoms with van der Waals surface area (Å²) in [5.74, 6) is -3.37. The number of hydrogen-bond acceptors (Lipinski definition) is 2. The molecule has 0 aromatic heterocycles. The molecule has 1 fully saturated rings. The van der Waals surface area contributed by atoms with Gasteiger partial charge >= 0.3 is 0 Å². The van der Waals surface area contributed by atoms with Gasteiger partial charge in [0.05, 0.1) is 0 Å². The maximum Gasteiger partial charge on any atom is 0.254 e. The van der Waals surface area contributed by atoms with Crippen LogP contribution in [0.4, 0.5) is 18.9 Å². The monoisotopic (exact) mass is 348 g/mol. The summed E-state index contributed by atoms with van der Waals surface area (Å²) in [6, 6.07) is 7.41. The van der Waals surface area contributed by atoms with Crippen molar-refractivity contribution in [2.24, 2.45) is 0 Å². The molecule has 25 heavy (non-hydrogen) atoms. The summed E-state index contributed by atoms with van der Waals surface area (Å²) >= 11 is 0. The van der Waals surface area contributed by atoms with E-state index in [1.807, 2.05) is 0 Å². The summed E-state index contributed by atoms with van der Waals surface area (Å²) in [6.45, 7) is 0.395. The van der Waals surface area contributed by atoms with Gasteiger partial charge in [0.2, 0.25) is 5.91 Å². The Kier molecular flexibility index (Phi) is 4.74. The first kappa shape index (κ1) is 17.0. The second kappa shape index (κ2) is 6.96. The lowest BCUT2D eigenvalue weighted by Crippen LogP contribution is -2.43. The molecule has 1 aliphatic rings. The molecule has 1 aliphatic heterocycles. The summed E-state index contributed by atoms with van der Waals surface area (Å²) in [7, 11) is 0. The molecule has 0 bridgehead atoms. The minimum Gasteiger partial charge on any atom is -0.327 e. The molecular weight excluding hydrogens is 333 g/mol. The molecule has 0 unspecified atom stereocenters. The van der Waals surface area contributed by atoms with E-state index in [9.17, 15) is 22.8 Å². The van der Waals surface area contributed by atoms with Gasteiger partial charge in [-0.1, -0.05) is 0 Å². The summed E-state index contributed by atoms with van der Waals surface area (Å²) < 4.78 is 39.2. The molecule has 1 atom stereocenters. The first-order valence-electron chi connectivity index (χ1n) is 7.78. The van der Waals surface area contributed by atoms with Crippen molar-refractivity contribution in [1.82, 2.24) is 4.90 Å². The molecule has 0 spiro atoms. The highest BCUT2D eigenvalue weighted by Crippen LogP contribution is 2.22. The van der Waals surface area contributed by atoms with Gasteiger partial charge in [0.1, 0.15) is 11.9 Å². The van der Waals surface area contributed by atoms with Crippen LogP contribution in [-0.2, 0) is 4.79 Å². The van der Waals surface area contributed by atoms with Gasteiger partial charge in [-0.15, -0.1) is 0 Å². The van der Waals surface area contributed by atoms with Crippen molar-refractivity contribution in [1.29, 1.82) is 0 Å². The molecule has 2 aromatic rings. The molecule has 1 N–H and O–H groups in total. The Morgan fingerprint density at radius 1 is 1.00 bits per heavy atom. The van der Waals surface area contributed by atoms with Crippen LogP contribution in [0.15, 0.2) is 42.5 Å². The van der Waals surface area contributed by atoms with Gasteiger partial charge in [-0.3, -0.25) is 9.59 Å². The van der Waals surface area contributed by atoms with Crippen molar-refractivity contribution in [3.05, 3.63) is 65.5 Å². The molecule has 7 heteroatoms. The zero-order valence-electron chi connectivity index (χ0n) is 13.1. The van der Waals surface area contributed by atoms with Crippen LogP contribution >= 0.6 is 0 Å². The number of hydrogen-bond donors (Lipinski definition) is 1. The maximum absolute atomic E-state index is 13.2. The third-order valence-electron chi connectivity index (χ3n) is 4.09. The van der Waals surface area contributed by atoms with Gasteiger partial charge < -0.3 is 10.2 Å². The van der Waals surface area contributed by atoms with E-state index < -0.39 is 29.4 Å². The van der Waals surface area contributed by atoms with E-state index in [2.05, 4.69) is 5.32 Å². The van der Waals surface area contributed by atoms with Gasteiger partial charge in [0, 0.05) is 23.9 Å². The number of rotatable bonds is 3. The van der Waals surface area contributed by atoms with Crippen LogP contribution in [-0.4, -0.2) is 29.3 Å². The smallest absolute Gasteiger partial charge is 0.254 e. The third-order valence-corrected chi connectivity index (χ3v) is 4.09. The van der Waals surface area contributed by atoms with E-state index in [-0.39, 0.29) is 17.2 Å². The number of carbonyl (C=O) groups excluding carboxylic acids is 2. The lowest BCUT2D eigenvalue weighted by Gasteiger charge is -2.24. The lowest BCUT2D eigenvalue weighted by molar-refractivity contribution is -0.119. The quantitative estimate of drug-likeness (QED) is 0.925. The average molecular weight is 348 g/mol. The fraction of sp³-hybridized carbons (Fsp3) is 0.222. The standard InChI is InChI=1S/C18H15F3N2O2/c19-12-5-3-11(4-6-12)18(25)23-9-1-2-16(23)17(24)22-13-7-8-14(20)15(21)10-13/h3-8,10,16H,1-2,9H2,(H,22,24)/t16-/m0/s1. The molecule has 130 valence electrons. The van der Waals surface area contributed by atoms with Gasteiger partial charge in [0.25, 0.3) is 5.91 Å². The molecule has 2 amide bonds. The zero-order valence-corrected chi connectivity index (χ0v) is 13.1. The zero-order chi connectivity index (χ0) is 18.0. The molecule has 0 radical (unpaired) electrons. The van der Waals surface area contributed by atoms with E-state index in [4.69, 9.17) is 0 Å². The molecular formula is C18H15F3N2O2. The van der Waals surface area contributed by atoms with Crippen LogP contribution in [0.25, 0.3) is 0 Å². The number of nitrogens with zero attached hydrogens (tertiary/aromatic N) is 1. The minimum absolute atomic E-state index is 0.116. The normalized spacial score (nSPS) is 16.8. The minimum atomic E-state index is -1.07. The number of amides is 2. The average Bonchev–Trinajstić information content (AvgIpc) is 3.08. The molecule has 2 aromatic carbocycles. The molecule has 1 heterocycles. The number of halogens is 3. The summed E-state index contributed by atoms with van der Waals surface area (Å²) in [4.78, 5) is 26.4. The van der Waals surface area contributed by atoms with E-state index in [1.165, 1.54) is 35.2 Å². The Morgan fingerprint density at radius 2 is 1.72 bits per heavy atom. The third kappa shape index (κ3) is 3.65. The Hall–Kier alpha value is -2.83. The van der Waals surface area contributed by atoms with Gasteiger partial charge in [-0.2, -0.15) is 0 Å². The van der Waals surface area contributed by atoms with Crippen molar-refractivity contribution < 1.29 is 22.8 Å². The number of carbonyl (C=O) groups is 2. The van der Waals surface area contributed by atoms with Crippen molar-refractivity contribution in [3.8, 4) is 0 Å². The molecule has 0 saturated carbocycles. The van der Waals surface area contributed by atoms with E-state index >= 15 is 0 Å². The van der Waals surface area contributed by atoms with Crippen LogP contribution in [0.1, 0.15) is 23.2 Å². The van der Waals surface area contributed by atoms with E-state index in [0.29, 0.717) is 19.4 Å². The van der Waals surface area contributed by atoms with Crippen LogP contribution in [0.5, 0.6) is 0 Å². The van der Waals surface area contributed by atoms with Crippen LogP contribution in [0.3, 0.4) is 0 Å². The largest absolute Gasteiger partial charge is 0.327 e. The molecule has 1 saturated heterocycles. The SMILES string of the molecule is O=C(Nc1ccc(F)c(F)c1)[C@@H]1CCCN1C(=O)c1ccc(F)cc1. The number of likely N-dealkylation sites (tertiary alicyclic amines) is 1. The fourth-order valence-electron chi connectivity index (χ4n) is 2.84. The van der Waals surface area contributed by atoms with Crippen molar-refractivity contribution in [3.63, 3.8) is 0 Å². The van der Waals surface area contributed by atoms with Gasteiger partial charge in [-0.05, 0) is 49.2 Å². The molecule has 4 nitrogen and oxygen atoms in total. The number of nitrogens with one attached hydrogen (secondary N) is 1. The predicted octanol–water partition coefficient (Wildman–Crippen LogP) is 3.35.